The van der Waals surface area contributed by atoms with Crippen LogP contribution in [0.3, 0.4) is 0 Å². The number of nitrogens with zero attached hydrogens (tertiary/aromatic N) is 2. The summed E-state index contributed by atoms with van der Waals surface area (Å²) in [7, 11) is 4.23. The summed E-state index contributed by atoms with van der Waals surface area (Å²) in [6.07, 6.45) is 2.95. The molecule has 0 bridgehead atoms. The highest BCUT2D eigenvalue weighted by molar-refractivity contribution is 5.55. The van der Waals surface area contributed by atoms with Crippen LogP contribution in [0.1, 0.15) is 25.3 Å². The van der Waals surface area contributed by atoms with Gasteiger partial charge in [-0.1, -0.05) is 6.07 Å². The topological polar surface area (TPSA) is 32.5 Å². The number of piperidine rings is 1. The number of benzene rings is 1. The second-order valence-corrected chi connectivity index (χ2v) is 6.12. The van der Waals surface area contributed by atoms with Crippen molar-refractivity contribution >= 4 is 5.69 Å². The molecule has 0 amide bonds. The Bertz CT molecular complexity index is 445. The Kier molecular flexibility index (Phi) is 5.00. The molecule has 0 radical (unpaired) electrons. The third kappa shape index (κ3) is 3.49. The largest absolute Gasteiger partial charge is 0.370 e. The first-order chi connectivity index (χ1) is 9.49. The SMILES string of the molecule is CC(N)Cc1c(F)cccc1N1CCCC(N(C)C)C1. The van der Waals surface area contributed by atoms with E-state index in [2.05, 4.69) is 23.9 Å². The lowest BCUT2D eigenvalue weighted by atomic mass is 10.00. The number of halogens is 1. The van der Waals surface area contributed by atoms with Gasteiger partial charge in [0.05, 0.1) is 0 Å². The Morgan fingerprint density at radius 3 is 2.85 bits per heavy atom. The zero-order valence-electron chi connectivity index (χ0n) is 12.8. The van der Waals surface area contributed by atoms with Crippen molar-refractivity contribution in [3.63, 3.8) is 0 Å². The zero-order chi connectivity index (χ0) is 14.7. The van der Waals surface area contributed by atoms with Crippen molar-refractivity contribution in [2.45, 2.75) is 38.3 Å². The van der Waals surface area contributed by atoms with Gasteiger partial charge >= 0.3 is 0 Å². The molecule has 3 nitrogen and oxygen atoms in total. The molecule has 1 aliphatic heterocycles. The van der Waals surface area contributed by atoms with Crippen LogP contribution in [-0.4, -0.2) is 44.2 Å². The van der Waals surface area contributed by atoms with E-state index in [1.54, 1.807) is 6.07 Å². The van der Waals surface area contributed by atoms with E-state index in [9.17, 15) is 4.39 Å². The van der Waals surface area contributed by atoms with Crippen LogP contribution in [0.5, 0.6) is 0 Å². The summed E-state index contributed by atoms with van der Waals surface area (Å²) < 4.78 is 14.1. The average Bonchev–Trinajstić information content (AvgIpc) is 2.41. The summed E-state index contributed by atoms with van der Waals surface area (Å²) in [5, 5.41) is 0. The first-order valence-electron chi connectivity index (χ1n) is 7.43. The molecule has 0 saturated carbocycles. The lowest BCUT2D eigenvalue weighted by Gasteiger charge is -2.38. The molecule has 4 heteroatoms. The summed E-state index contributed by atoms with van der Waals surface area (Å²) in [6.45, 7) is 3.89. The number of nitrogens with two attached hydrogens (primary N) is 1. The second-order valence-electron chi connectivity index (χ2n) is 6.12. The Morgan fingerprint density at radius 2 is 2.20 bits per heavy atom. The van der Waals surface area contributed by atoms with Crippen molar-refractivity contribution in [3.05, 3.63) is 29.6 Å². The number of likely N-dealkylation sites (N-methyl/N-ethyl adjacent to an activating group) is 1. The summed E-state index contributed by atoms with van der Waals surface area (Å²) in [5.41, 5.74) is 7.66. The van der Waals surface area contributed by atoms with Crippen molar-refractivity contribution in [2.24, 2.45) is 5.73 Å². The molecule has 2 atom stereocenters. The first kappa shape index (κ1) is 15.3. The Hall–Kier alpha value is -1.13. The van der Waals surface area contributed by atoms with Crippen molar-refractivity contribution in [3.8, 4) is 0 Å². The van der Waals surface area contributed by atoms with Gasteiger partial charge in [-0.2, -0.15) is 0 Å². The van der Waals surface area contributed by atoms with Crippen LogP contribution in [0.4, 0.5) is 10.1 Å². The van der Waals surface area contributed by atoms with Crippen LogP contribution in [0.2, 0.25) is 0 Å². The molecule has 0 aliphatic carbocycles. The van der Waals surface area contributed by atoms with E-state index in [4.69, 9.17) is 5.73 Å². The third-order valence-corrected chi connectivity index (χ3v) is 4.09. The molecule has 2 N–H and O–H groups in total. The highest BCUT2D eigenvalue weighted by atomic mass is 19.1. The molecule has 2 unspecified atom stereocenters. The van der Waals surface area contributed by atoms with E-state index < -0.39 is 0 Å². The highest BCUT2D eigenvalue weighted by Gasteiger charge is 2.24. The maximum Gasteiger partial charge on any atom is 0.128 e. The molecule has 112 valence electrons. The smallest absolute Gasteiger partial charge is 0.128 e. The van der Waals surface area contributed by atoms with Crippen molar-refractivity contribution < 1.29 is 4.39 Å². The average molecular weight is 279 g/mol. The van der Waals surface area contributed by atoms with Crippen LogP contribution >= 0.6 is 0 Å². The van der Waals surface area contributed by atoms with Crippen LogP contribution < -0.4 is 10.6 Å². The van der Waals surface area contributed by atoms with Crippen molar-refractivity contribution in [1.82, 2.24) is 4.90 Å². The van der Waals surface area contributed by atoms with Gasteiger partial charge in [-0.05, 0) is 52.4 Å². The van der Waals surface area contributed by atoms with E-state index in [1.165, 1.54) is 12.5 Å². The van der Waals surface area contributed by atoms with Gasteiger partial charge in [0.1, 0.15) is 5.82 Å². The summed E-state index contributed by atoms with van der Waals surface area (Å²) in [5.74, 6) is -0.133. The minimum Gasteiger partial charge on any atom is -0.370 e. The number of rotatable bonds is 4. The molecule has 0 spiro atoms. The number of hydrogen-bond donors (Lipinski definition) is 1. The van der Waals surface area contributed by atoms with Gasteiger partial charge in [0.15, 0.2) is 0 Å². The predicted molar refractivity (Wildman–Crippen MR) is 82.7 cm³/mol. The molecule has 1 aromatic rings. The molecule has 2 rings (SSSR count). The van der Waals surface area contributed by atoms with Gasteiger partial charge in [-0.25, -0.2) is 4.39 Å². The fraction of sp³-hybridized carbons (Fsp3) is 0.625. The van der Waals surface area contributed by atoms with Crippen molar-refractivity contribution in [2.75, 3.05) is 32.1 Å². The lowest BCUT2D eigenvalue weighted by Crippen LogP contribution is -2.45. The predicted octanol–water partition coefficient (Wildman–Crippen LogP) is 2.25. The van der Waals surface area contributed by atoms with E-state index in [0.717, 1.165) is 30.8 Å². The van der Waals surface area contributed by atoms with E-state index in [0.29, 0.717) is 12.5 Å². The Morgan fingerprint density at radius 1 is 1.45 bits per heavy atom. The highest BCUT2D eigenvalue weighted by Crippen LogP contribution is 2.28. The summed E-state index contributed by atoms with van der Waals surface area (Å²) in [4.78, 5) is 4.58. The molecule has 1 heterocycles. The lowest BCUT2D eigenvalue weighted by molar-refractivity contribution is 0.258. The van der Waals surface area contributed by atoms with Gasteiger partial charge < -0.3 is 15.5 Å². The third-order valence-electron chi connectivity index (χ3n) is 4.09. The van der Waals surface area contributed by atoms with E-state index >= 15 is 0 Å². The molecular formula is C16H26FN3. The minimum atomic E-state index is -0.133. The summed E-state index contributed by atoms with van der Waals surface area (Å²) >= 11 is 0. The molecule has 1 aromatic carbocycles. The zero-order valence-corrected chi connectivity index (χ0v) is 12.8. The van der Waals surface area contributed by atoms with Gasteiger partial charge in [0, 0.05) is 36.4 Å². The van der Waals surface area contributed by atoms with Gasteiger partial charge in [0.2, 0.25) is 0 Å². The normalized spacial score (nSPS) is 21.3. The quantitative estimate of drug-likeness (QED) is 0.917. The first-order valence-corrected chi connectivity index (χ1v) is 7.43. The number of anilines is 1. The molecule has 1 saturated heterocycles. The molecular weight excluding hydrogens is 253 g/mol. The van der Waals surface area contributed by atoms with Gasteiger partial charge in [-0.3, -0.25) is 0 Å². The van der Waals surface area contributed by atoms with Crippen molar-refractivity contribution in [1.29, 1.82) is 0 Å². The molecule has 20 heavy (non-hydrogen) atoms. The Labute approximate surface area is 121 Å². The monoisotopic (exact) mass is 279 g/mol. The van der Waals surface area contributed by atoms with Gasteiger partial charge in [-0.15, -0.1) is 0 Å². The van der Waals surface area contributed by atoms with Crippen LogP contribution in [-0.2, 0) is 6.42 Å². The fourth-order valence-electron chi connectivity index (χ4n) is 2.96. The van der Waals surface area contributed by atoms with Crippen LogP contribution in [0, 0.1) is 5.82 Å². The maximum absolute atomic E-state index is 14.1. The molecule has 1 aliphatic rings. The van der Waals surface area contributed by atoms with Crippen LogP contribution in [0.15, 0.2) is 18.2 Å². The maximum atomic E-state index is 14.1. The van der Waals surface area contributed by atoms with E-state index in [1.807, 2.05) is 13.0 Å². The molecule has 0 aromatic heterocycles. The second kappa shape index (κ2) is 6.55. The van der Waals surface area contributed by atoms with Gasteiger partial charge in [0.25, 0.3) is 0 Å². The van der Waals surface area contributed by atoms with E-state index in [-0.39, 0.29) is 11.9 Å². The summed E-state index contributed by atoms with van der Waals surface area (Å²) in [6, 6.07) is 5.87. The standard InChI is InChI=1S/C16H26FN3/c1-12(18)10-14-15(17)7-4-8-16(14)20-9-5-6-13(11-20)19(2)3/h4,7-8,12-13H,5-6,9-11,18H2,1-3H3. The Balaban J connectivity index is 2.25. The fourth-order valence-corrected chi connectivity index (χ4v) is 2.96. The minimum absolute atomic E-state index is 0.0277. The molecule has 1 fully saturated rings. The number of hydrogen-bond acceptors (Lipinski definition) is 3. The van der Waals surface area contributed by atoms with Crippen LogP contribution in [0.25, 0.3) is 0 Å².